The first kappa shape index (κ1) is 21.0. The van der Waals surface area contributed by atoms with Crippen molar-refractivity contribution in [3.05, 3.63) is 90.3 Å². The molecule has 2 heterocycles. The van der Waals surface area contributed by atoms with Gasteiger partial charge in [0.2, 0.25) is 0 Å². The SMILES string of the molecule is C=C(Nc1cncc(F)c1)N(C1=NC(c2cccc(C)c2)=CC=CC1N)C1CCCC1. The molecule has 3 N–H and O–H groups in total. The molecule has 2 aromatic rings. The van der Waals surface area contributed by atoms with Crippen LogP contribution in [0.3, 0.4) is 0 Å². The third kappa shape index (κ3) is 4.91. The Labute approximate surface area is 182 Å². The second-order valence-electron chi connectivity index (χ2n) is 8.07. The molecule has 4 rings (SSSR count). The second-order valence-corrected chi connectivity index (χ2v) is 8.07. The Balaban J connectivity index is 1.71. The van der Waals surface area contributed by atoms with Crippen molar-refractivity contribution in [2.75, 3.05) is 5.32 Å². The van der Waals surface area contributed by atoms with E-state index in [1.54, 1.807) is 6.20 Å². The van der Waals surface area contributed by atoms with Gasteiger partial charge in [-0.1, -0.05) is 55.3 Å². The number of amidine groups is 1. The van der Waals surface area contributed by atoms with Crippen LogP contribution in [0.25, 0.3) is 5.70 Å². The molecule has 1 aliphatic heterocycles. The number of hydrogen-bond acceptors (Lipinski definition) is 5. The minimum absolute atomic E-state index is 0.233. The highest BCUT2D eigenvalue weighted by molar-refractivity contribution is 5.96. The van der Waals surface area contributed by atoms with Gasteiger partial charge in [-0.25, -0.2) is 9.38 Å². The summed E-state index contributed by atoms with van der Waals surface area (Å²) in [7, 11) is 0. The molecule has 1 atom stereocenters. The number of aromatic nitrogens is 1. The highest BCUT2D eigenvalue weighted by Crippen LogP contribution is 2.30. The van der Waals surface area contributed by atoms with Crippen molar-refractivity contribution in [2.45, 2.75) is 44.7 Å². The smallest absolute Gasteiger partial charge is 0.143 e. The van der Waals surface area contributed by atoms with E-state index < -0.39 is 5.82 Å². The van der Waals surface area contributed by atoms with Gasteiger partial charge >= 0.3 is 0 Å². The first-order valence-electron chi connectivity index (χ1n) is 10.7. The van der Waals surface area contributed by atoms with Gasteiger partial charge in [-0.3, -0.25) is 4.98 Å². The maximum atomic E-state index is 13.7. The molecular formula is C25H28FN5. The van der Waals surface area contributed by atoms with Crippen molar-refractivity contribution in [3.8, 4) is 0 Å². The molecule has 0 radical (unpaired) electrons. The Morgan fingerprint density at radius 1 is 1.23 bits per heavy atom. The fraction of sp³-hybridized carbons (Fsp3) is 0.280. The predicted molar refractivity (Wildman–Crippen MR) is 125 cm³/mol. The molecule has 1 saturated carbocycles. The topological polar surface area (TPSA) is 66.5 Å². The van der Waals surface area contributed by atoms with Crippen molar-refractivity contribution in [3.63, 3.8) is 0 Å². The van der Waals surface area contributed by atoms with Crippen LogP contribution in [0.2, 0.25) is 0 Å². The maximum Gasteiger partial charge on any atom is 0.143 e. The van der Waals surface area contributed by atoms with Gasteiger partial charge in [-0.2, -0.15) is 0 Å². The van der Waals surface area contributed by atoms with Crippen molar-refractivity contribution >= 4 is 17.2 Å². The second kappa shape index (κ2) is 9.27. The number of hydrogen-bond donors (Lipinski definition) is 2. The minimum atomic E-state index is -0.402. The molecule has 1 unspecified atom stereocenters. The van der Waals surface area contributed by atoms with Gasteiger partial charge in [0.1, 0.15) is 17.5 Å². The Hall–Kier alpha value is -3.25. The Kier molecular flexibility index (Phi) is 6.28. The molecule has 1 fully saturated rings. The molecule has 160 valence electrons. The molecule has 5 nitrogen and oxygen atoms in total. The average molecular weight is 418 g/mol. The zero-order chi connectivity index (χ0) is 21.8. The van der Waals surface area contributed by atoms with E-state index in [-0.39, 0.29) is 12.1 Å². The molecule has 1 aromatic heterocycles. The van der Waals surface area contributed by atoms with Crippen LogP contribution in [0, 0.1) is 12.7 Å². The summed E-state index contributed by atoms with van der Waals surface area (Å²) in [4.78, 5) is 11.0. The first-order valence-corrected chi connectivity index (χ1v) is 10.7. The molecule has 31 heavy (non-hydrogen) atoms. The summed E-state index contributed by atoms with van der Waals surface area (Å²) in [5.41, 5.74) is 10.1. The van der Waals surface area contributed by atoms with Gasteiger partial charge in [0.15, 0.2) is 0 Å². The van der Waals surface area contributed by atoms with Gasteiger partial charge < -0.3 is 16.0 Å². The van der Waals surface area contributed by atoms with E-state index in [0.717, 1.165) is 42.8 Å². The lowest BCUT2D eigenvalue weighted by atomic mass is 10.1. The average Bonchev–Trinajstić information content (AvgIpc) is 3.19. The van der Waals surface area contributed by atoms with E-state index in [1.807, 2.05) is 24.3 Å². The lowest BCUT2D eigenvalue weighted by molar-refractivity contribution is 0.376. The van der Waals surface area contributed by atoms with E-state index in [4.69, 9.17) is 10.7 Å². The van der Waals surface area contributed by atoms with E-state index >= 15 is 0 Å². The van der Waals surface area contributed by atoms with Crippen LogP contribution >= 0.6 is 0 Å². The third-order valence-corrected chi connectivity index (χ3v) is 5.64. The molecule has 6 heteroatoms. The van der Waals surface area contributed by atoms with Crippen LogP contribution in [0.4, 0.5) is 10.1 Å². The molecular weight excluding hydrogens is 389 g/mol. The molecule has 1 aromatic carbocycles. The maximum absolute atomic E-state index is 13.7. The lowest BCUT2D eigenvalue weighted by Gasteiger charge is -2.35. The number of nitrogens with zero attached hydrogens (tertiary/aromatic N) is 3. The Morgan fingerprint density at radius 2 is 2.03 bits per heavy atom. The van der Waals surface area contributed by atoms with Gasteiger partial charge in [-0.05, 0) is 31.9 Å². The van der Waals surface area contributed by atoms with Crippen molar-refractivity contribution in [1.82, 2.24) is 9.88 Å². The number of halogens is 1. The first-order chi connectivity index (χ1) is 15.0. The molecule has 0 spiro atoms. The summed E-state index contributed by atoms with van der Waals surface area (Å²) in [6.07, 6.45) is 13.0. The fourth-order valence-electron chi connectivity index (χ4n) is 4.18. The number of rotatable bonds is 5. The van der Waals surface area contributed by atoms with E-state index in [9.17, 15) is 4.39 Å². The molecule has 2 aliphatic rings. The Bertz CT molecular complexity index is 1050. The zero-order valence-electron chi connectivity index (χ0n) is 17.8. The summed E-state index contributed by atoms with van der Waals surface area (Å²) in [5, 5.41) is 3.21. The summed E-state index contributed by atoms with van der Waals surface area (Å²) < 4.78 is 13.7. The summed E-state index contributed by atoms with van der Waals surface area (Å²) in [6, 6.07) is 9.51. The largest absolute Gasteiger partial charge is 0.341 e. The van der Waals surface area contributed by atoms with E-state index in [1.165, 1.54) is 17.8 Å². The monoisotopic (exact) mass is 417 g/mol. The quantitative estimate of drug-likeness (QED) is 0.719. The number of benzene rings is 1. The number of anilines is 1. The number of nitrogens with one attached hydrogen (secondary N) is 1. The minimum Gasteiger partial charge on any atom is -0.341 e. The summed E-state index contributed by atoms with van der Waals surface area (Å²) >= 11 is 0. The molecule has 0 amide bonds. The third-order valence-electron chi connectivity index (χ3n) is 5.64. The number of aliphatic imine (C=N–C) groups is 1. The fourth-order valence-corrected chi connectivity index (χ4v) is 4.18. The van der Waals surface area contributed by atoms with Crippen LogP contribution in [-0.4, -0.2) is 27.8 Å². The highest BCUT2D eigenvalue weighted by Gasteiger charge is 2.30. The van der Waals surface area contributed by atoms with Gasteiger partial charge in [0.05, 0.1) is 29.8 Å². The van der Waals surface area contributed by atoms with Crippen LogP contribution in [0.5, 0.6) is 0 Å². The number of allylic oxidation sites excluding steroid dienone is 2. The van der Waals surface area contributed by atoms with Gasteiger partial charge in [-0.15, -0.1) is 0 Å². The van der Waals surface area contributed by atoms with E-state index in [0.29, 0.717) is 11.5 Å². The van der Waals surface area contributed by atoms with Crippen LogP contribution in [0.1, 0.15) is 36.8 Å². The predicted octanol–water partition coefficient (Wildman–Crippen LogP) is 4.99. The van der Waals surface area contributed by atoms with Crippen LogP contribution in [0.15, 0.2) is 78.3 Å². The van der Waals surface area contributed by atoms with E-state index in [2.05, 4.69) is 46.9 Å². The zero-order valence-corrected chi connectivity index (χ0v) is 17.8. The molecule has 0 bridgehead atoms. The van der Waals surface area contributed by atoms with Crippen LogP contribution < -0.4 is 11.1 Å². The Morgan fingerprint density at radius 3 is 2.77 bits per heavy atom. The molecule has 0 saturated heterocycles. The number of aryl methyl sites for hydroxylation is 1. The lowest BCUT2D eigenvalue weighted by Crippen LogP contribution is -2.47. The van der Waals surface area contributed by atoms with Crippen molar-refractivity contribution in [2.24, 2.45) is 10.7 Å². The van der Waals surface area contributed by atoms with Crippen molar-refractivity contribution < 1.29 is 4.39 Å². The highest BCUT2D eigenvalue weighted by atomic mass is 19.1. The van der Waals surface area contributed by atoms with Gasteiger partial charge in [0, 0.05) is 17.7 Å². The van der Waals surface area contributed by atoms with Crippen molar-refractivity contribution in [1.29, 1.82) is 0 Å². The number of nitrogens with two attached hydrogens (primary N) is 1. The standard InChI is InChI=1S/C25H28FN5/c1-17-7-5-8-19(13-17)24-12-6-11-23(27)25(30-24)31(22-9-3-4-10-22)18(2)29-21-14-20(26)15-28-16-21/h5-8,11-16,22-23,29H,2-4,9-10,27H2,1H3. The van der Waals surface area contributed by atoms with Gasteiger partial charge in [0.25, 0.3) is 0 Å². The van der Waals surface area contributed by atoms with Crippen LogP contribution in [-0.2, 0) is 0 Å². The normalized spacial score (nSPS) is 18.9. The summed E-state index contributed by atoms with van der Waals surface area (Å²) in [5.74, 6) is 0.948. The molecule has 1 aliphatic carbocycles. The number of pyridine rings is 1. The summed E-state index contributed by atoms with van der Waals surface area (Å²) in [6.45, 7) is 6.33.